The average molecular weight is 237 g/mol. The third-order valence-corrected chi connectivity index (χ3v) is 3.47. The van der Waals surface area contributed by atoms with E-state index in [0.29, 0.717) is 12.8 Å². The molecule has 0 aromatic carbocycles. The molecule has 1 aliphatic carbocycles. The maximum absolute atomic E-state index is 11.7. The number of ether oxygens (including phenoxy) is 1. The van der Waals surface area contributed by atoms with Crippen LogP contribution in [0, 0.1) is 6.92 Å². The zero-order chi connectivity index (χ0) is 12.5. The van der Waals surface area contributed by atoms with Crippen LogP contribution in [0.5, 0.6) is 0 Å². The molecule has 5 heteroatoms. The Hall–Kier alpha value is -1.36. The highest BCUT2D eigenvalue weighted by Crippen LogP contribution is 2.34. The molecule has 5 nitrogen and oxygen atoms in total. The average Bonchev–Trinajstić information content (AvgIpc) is 2.75. The van der Waals surface area contributed by atoms with Crippen LogP contribution in [0.2, 0.25) is 0 Å². The third-order valence-electron chi connectivity index (χ3n) is 3.47. The predicted octanol–water partition coefficient (Wildman–Crippen LogP) is 1.18. The van der Waals surface area contributed by atoms with Gasteiger partial charge in [-0.25, -0.2) is 0 Å². The Balaban J connectivity index is 2.14. The van der Waals surface area contributed by atoms with E-state index in [1.54, 1.807) is 0 Å². The number of carbonyl (C=O) groups excluding carboxylic acids is 1. The summed E-state index contributed by atoms with van der Waals surface area (Å²) < 4.78 is 6.70. The second kappa shape index (κ2) is 4.49. The number of aryl methyl sites for hydroxylation is 1. The summed E-state index contributed by atoms with van der Waals surface area (Å²) >= 11 is 0. The minimum atomic E-state index is -0.850. The normalized spacial score (nSPS) is 29.0. The van der Waals surface area contributed by atoms with E-state index >= 15 is 0 Å². The van der Waals surface area contributed by atoms with Gasteiger partial charge in [-0.15, -0.1) is 0 Å². The lowest BCUT2D eigenvalue weighted by Gasteiger charge is -2.35. The van der Waals surface area contributed by atoms with Crippen LogP contribution in [0.3, 0.4) is 0 Å². The molecule has 0 aliphatic heterocycles. The molecular weight excluding hydrogens is 218 g/mol. The highest BCUT2D eigenvalue weighted by Gasteiger charge is 2.41. The summed E-state index contributed by atoms with van der Waals surface area (Å²) in [5.41, 5.74) is 6.26. The summed E-state index contributed by atoms with van der Waals surface area (Å²) in [5, 5.41) is 4.39. The van der Waals surface area contributed by atoms with Crippen molar-refractivity contribution in [2.45, 2.75) is 44.2 Å². The number of hydrogen-bond donors (Lipinski definition) is 1. The molecule has 94 valence electrons. The first-order chi connectivity index (χ1) is 8.05. The number of nitrogens with zero attached hydrogens (tertiary/aromatic N) is 2. The number of esters is 1. The number of hydrogen-bond acceptors (Lipinski definition) is 4. The number of rotatable bonds is 2. The lowest BCUT2D eigenvalue weighted by molar-refractivity contribution is -0.149. The fourth-order valence-electron chi connectivity index (χ4n) is 2.53. The van der Waals surface area contributed by atoms with Crippen LogP contribution in [0.15, 0.2) is 12.3 Å². The van der Waals surface area contributed by atoms with Gasteiger partial charge in [0.25, 0.3) is 0 Å². The van der Waals surface area contributed by atoms with Crippen LogP contribution in [0.1, 0.15) is 37.4 Å². The molecule has 0 saturated heterocycles. The molecule has 0 spiro atoms. The summed E-state index contributed by atoms with van der Waals surface area (Å²) in [6.45, 7) is 1.95. The second-order valence-corrected chi connectivity index (χ2v) is 4.84. The number of nitrogens with two attached hydrogens (primary N) is 1. The van der Waals surface area contributed by atoms with Crippen molar-refractivity contribution < 1.29 is 9.53 Å². The van der Waals surface area contributed by atoms with E-state index in [0.717, 1.165) is 18.5 Å². The van der Waals surface area contributed by atoms with Gasteiger partial charge < -0.3 is 10.5 Å². The van der Waals surface area contributed by atoms with Crippen LogP contribution < -0.4 is 5.73 Å². The predicted molar refractivity (Wildman–Crippen MR) is 63.4 cm³/mol. The van der Waals surface area contributed by atoms with E-state index in [4.69, 9.17) is 10.5 Å². The minimum absolute atomic E-state index is 0.196. The molecule has 2 atom stereocenters. The fraction of sp³-hybridized carbons (Fsp3) is 0.667. The molecule has 1 aromatic rings. The van der Waals surface area contributed by atoms with E-state index in [2.05, 4.69) is 5.10 Å². The quantitative estimate of drug-likeness (QED) is 0.784. The molecule has 1 heterocycles. The smallest absolute Gasteiger partial charge is 0.325 e. The van der Waals surface area contributed by atoms with E-state index in [1.165, 1.54) is 7.11 Å². The van der Waals surface area contributed by atoms with Gasteiger partial charge in [0.2, 0.25) is 0 Å². The van der Waals surface area contributed by atoms with Gasteiger partial charge in [-0.2, -0.15) is 5.10 Å². The first-order valence-corrected chi connectivity index (χ1v) is 5.94. The van der Waals surface area contributed by atoms with Gasteiger partial charge >= 0.3 is 5.97 Å². The maximum Gasteiger partial charge on any atom is 0.325 e. The Bertz CT molecular complexity index is 416. The van der Waals surface area contributed by atoms with Gasteiger partial charge in [-0.3, -0.25) is 9.48 Å². The van der Waals surface area contributed by atoms with Crippen LogP contribution >= 0.6 is 0 Å². The molecular formula is C12H19N3O2. The summed E-state index contributed by atoms with van der Waals surface area (Å²) in [7, 11) is 1.39. The van der Waals surface area contributed by atoms with Crippen molar-refractivity contribution in [1.82, 2.24) is 9.78 Å². The Labute approximate surface area is 101 Å². The molecule has 0 radical (unpaired) electrons. The zero-order valence-corrected chi connectivity index (χ0v) is 10.3. The van der Waals surface area contributed by atoms with Crippen LogP contribution in [-0.4, -0.2) is 28.4 Å². The zero-order valence-electron chi connectivity index (χ0n) is 10.3. The summed E-state index contributed by atoms with van der Waals surface area (Å²) in [6.07, 6.45) is 5.17. The lowest BCUT2D eigenvalue weighted by Crippen LogP contribution is -2.52. The Morgan fingerprint density at radius 1 is 1.71 bits per heavy atom. The van der Waals surface area contributed by atoms with Crippen LogP contribution in [0.4, 0.5) is 0 Å². The number of methoxy groups -OCH3 is 1. The monoisotopic (exact) mass is 237 g/mol. The fourth-order valence-corrected chi connectivity index (χ4v) is 2.53. The Morgan fingerprint density at radius 3 is 3.06 bits per heavy atom. The standard InChI is InChI=1S/C12H19N3O2/c1-9-5-7-15(14-9)10-4-3-6-12(13,8-10)11(16)17-2/h5,7,10H,3-4,6,8,13H2,1-2H3. The van der Waals surface area contributed by atoms with E-state index in [1.807, 2.05) is 23.9 Å². The van der Waals surface area contributed by atoms with E-state index < -0.39 is 5.54 Å². The minimum Gasteiger partial charge on any atom is -0.468 e. The van der Waals surface area contributed by atoms with Gasteiger partial charge in [-0.05, 0) is 38.7 Å². The Kier molecular flexibility index (Phi) is 3.19. The molecule has 2 rings (SSSR count). The topological polar surface area (TPSA) is 70.1 Å². The van der Waals surface area contributed by atoms with Gasteiger partial charge in [0.1, 0.15) is 5.54 Å². The first kappa shape index (κ1) is 12.1. The van der Waals surface area contributed by atoms with Gasteiger partial charge in [0.15, 0.2) is 0 Å². The van der Waals surface area contributed by atoms with Gasteiger partial charge in [0.05, 0.1) is 18.8 Å². The second-order valence-electron chi connectivity index (χ2n) is 4.84. The van der Waals surface area contributed by atoms with Crippen LogP contribution in [-0.2, 0) is 9.53 Å². The number of carbonyl (C=O) groups is 1. The van der Waals surface area contributed by atoms with Crippen LogP contribution in [0.25, 0.3) is 0 Å². The molecule has 1 saturated carbocycles. The van der Waals surface area contributed by atoms with Gasteiger partial charge in [0, 0.05) is 6.20 Å². The summed E-state index contributed by atoms with van der Waals surface area (Å²) in [5.74, 6) is -0.314. The molecule has 17 heavy (non-hydrogen) atoms. The van der Waals surface area contributed by atoms with Crippen molar-refractivity contribution in [1.29, 1.82) is 0 Å². The molecule has 1 fully saturated rings. The number of aromatic nitrogens is 2. The third kappa shape index (κ3) is 2.34. The van der Waals surface area contributed by atoms with Crippen molar-refractivity contribution in [3.8, 4) is 0 Å². The SMILES string of the molecule is COC(=O)C1(N)CCCC(n2ccc(C)n2)C1. The van der Waals surface area contributed by atoms with Crippen molar-refractivity contribution in [2.75, 3.05) is 7.11 Å². The van der Waals surface area contributed by atoms with Crippen molar-refractivity contribution in [3.05, 3.63) is 18.0 Å². The highest BCUT2D eigenvalue weighted by atomic mass is 16.5. The summed E-state index contributed by atoms with van der Waals surface area (Å²) in [6, 6.07) is 2.16. The first-order valence-electron chi connectivity index (χ1n) is 5.94. The molecule has 2 unspecified atom stereocenters. The van der Waals surface area contributed by atoms with Crippen molar-refractivity contribution in [3.63, 3.8) is 0 Å². The molecule has 0 amide bonds. The highest BCUT2D eigenvalue weighted by molar-refractivity contribution is 5.80. The molecule has 2 N–H and O–H groups in total. The van der Waals surface area contributed by atoms with Gasteiger partial charge in [-0.1, -0.05) is 0 Å². The summed E-state index contributed by atoms with van der Waals surface area (Å²) in [4.78, 5) is 11.7. The molecule has 0 bridgehead atoms. The molecule has 1 aliphatic rings. The van der Waals surface area contributed by atoms with Crippen molar-refractivity contribution in [2.24, 2.45) is 5.73 Å². The van der Waals surface area contributed by atoms with E-state index in [-0.39, 0.29) is 12.0 Å². The molecule has 1 aromatic heterocycles. The largest absolute Gasteiger partial charge is 0.468 e. The van der Waals surface area contributed by atoms with Crippen molar-refractivity contribution >= 4 is 5.97 Å². The lowest BCUT2D eigenvalue weighted by atomic mass is 9.80. The maximum atomic E-state index is 11.7. The Morgan fingerprint density at radius 2 is 2.47 bits per heavy atom. The van der Waals surface area contributed by atoms with E-state index in [9.17, 15) is 4.79 Å².